The van der Waals surface area contributed by atoms with Crippen LogP contribution in [0.3, 0.4) is 0 Å². The summed E-state index contributed by atoms with van der Waals surface area (Å²) in [7, 11) is 0. The highest BCUT2D eigenvalue weighted by atomic mass is 32.1. The molecule has 3 aromatic carbocycles. The first-order valence-electron chi connectivity index (χ1n) is 10.2. The first-order valence-corrected chi connectivity index (χ1v) is 10.6. The van der Waals surface area contributed by atoms with E-state index in [1.165, 1.54) is 0 Å². The van der Waals surface area contributed by atoms with E-state index in [2.05, 4.69) is 10.6 Å². The zero-order valence-electron chi connectivity index (χ0n) is 17.5. The fraction of sp³-hybridized carbons (Fsp3) is 0.120. The number of hydrogen-bond donors (Lipinski definition) is 2. The molecular formula is C25H22N4O2S. The van der Waals surface area contributed by atoms with Crippen LogP contribution in [0, 0.1) is 6.92 Å². The first kappa shape index (κ1) is 21.4. The number of nitrogens with zero attached hydrogens (tertiary/aromatic N) is 2. The summed E-state index contributed by atoms with van der Waals surface area (Å²) in [6.45, 7) is 2.18. The third kappa shape index (κ3) is 4.90. The van der Waals surface area contributed by atoms with Crippen LogP contribution < -0.4 is 16.2 Å². The summed E-state index contributed by atoms with van der Waals surface area (Å²) in [6, 6.07) is 24.4. The summed E-state index contributed by atoms with van der Waals surface area (Å²) in [5.74, 6) is 0.246. The number of nitrogens with one attached hydrogen (secondary N) is 2. The maximum atomic E-state index is 13.2. The van der Waals surface area contributed by atoms with E-state index in [4.69, 9.17) is 17.2 Å². The van der Waals surface area contributed by atoms with Crippen molar-refractivity contribution in [1.82, 2.24) is 14.9 Å². The molecule has 0 saturated carbocycles. The number of para-hydroxylation sites is 1. The Morgan fingerprint density at radius 3 is 2.41 bits per heavy atom. The Morgan fingerprint density at radius 1 is 0.969 bits per heavy atom. The van der Waals surface area contributed by atoms with Crippen LogP contribution in [0.25, 0.3) is 22.3 Å². The molecule has 1 heterocycles. The number of rotatable bonds is 5. The van der Waals surface area contributed by atoms with E-state index in [0.717, 1.165) is 16.8 Å². The molecular weight excluding hydrogens is 420 g/mol. The summed E-state index contributed by atoms with van der Waals surface area (Å²) in [6.07, 6.45) is 0.0788. The second kappa shape index (κ2) is 9.53. The fourth-order valence-corrected chi connectivity index (χ4v) is 3.62. The van der Waals surface area contributed by atoms with Gasteiger partial charge in [-0.25, -0.2) is 4.98 Å². The Labute approximate surface area is 190 Å². The van der Waals surface area contributed by atoms with Crippen molar-refractivity contribution in [3.05, 3.63) is 94.8 Å². The van der Waals surface area contributed by atoms with E-state index in [1.54, 1.807) is 16.7 Å². The van der Waals surface area contributed by atoms with Gasteiger partial charge in [-0.2, -0.15) is 0 Å². The van der Waals surface area contributed by atoms with Crippen molar-refractivity contribution in [2.45, 2.75) is 19.9 Å². The van der Waals surface area contributed by atoms with Crippen molar-refractivity contribution in [1.29, 1.82) is 0 Å². The van der Waals surface area contributed by atoms with Gasteiger partial charge in [0.05, 0.1) is 10.9 Å². The maximum absolute atomic E-state index is 13.2. The Bertz CT molecular complexity index is 1330. The molecule has 0 spiro atoms. The zero-order chi connectivity index (χ0) is 22.5. The molecule has 6 nitrogen and oxygen atoms in total. The molecule has 0 bridgehead atoms. The van der Waals surface area contributed by atoms with Gasteiger partial charge < -0.3 is 10.6 Å². The average Bonchev–Trinajstić information content (AvgIpc) is 2.80. The normalized spacial score (nSPS) is 10.7. The molecule has 4 aromatic rings. The van der Waals surface area contributed by atoms with Gasteiger partial charge >= 0.3 is 0 Å². The van der Waals surface area contributed by atoms with Crippen LogP contribution in [0.5, 0.6) is 0 Å². The molecule has 0 atom stereocenters. The SMILES string of the molecule is Cc1ccc(NC(=S)NC(=O)CCn2c(-c3ccccc3)nc3ccccc3c2=O)cc1. The molecule has 32 heavy (non-hydrogen) atoms. The summed E-state index contributed by atoms with van der Waals surface area (Å²) in [5, 5.41) is 6.40. The van der Waals surface area contributed by atoms with E-state index in [0.29, 0.717) is 16.7 Å². The third-order valence-corrected chi connectivity index (χ3v) is 5.22. The van der Waals surface area contributed by atoms with Crippen LogP contribution in [0.15, 0.2) is 83.7 Å². The van der Waals surface area contributed by atoms with Gasteiger partial charge in [0.15, 0.2) is 5.11 Å². The first-order chi connectivity index (χ1) is 15.5. The quantitative estimate of drug-likeness (QED) is 0.452. The maximum Gasteiger partial charge on any atom is 0.261 e. The molecule has 4 rings (SSSR count). The predicted molar refractivity (Wildman–Crippen MR) is 132 cm³/mol. The number of amides is 1. The second-order valence-corrected chi connectivity index (χ2v) is 7.80. The molecule has 0 fully saturated rings. The summed E-state index contributed by atoms with van der Waals surface area (Å²) in [5.41, 5.74) is 3.19. The molecule has 0 saturated heterocycles. The largest absolute Gasteiger partial charge is 0.332 e. The number of fused-ring (bicyclic) bond motifs is 1. The van der Waals surface area contributed by atoms with E-state index < -0.39 is 0 Å². The minimum atomic E-state index is -0.284. The number of benzene rings is 3. The standard InChI is InChI=1S/C25H22N4O2S/c1-17-11-13-19(14-12-17)26-25(32)28-22(30)15-16-29-23(18-7-3-2-4-8-18)27-21-10-6-5-9-20(21)24(29)31/h2-14H,15-16H2,1H3,(H2,26,28,30,32). The predicted octanol–water partition coefficient (Wildman–Crippen LogP) is 4.28. The van der Waals surface area contributed by atoms with Crippen LogP contribution in [0.4, 0.5) is 5.69 Å². The van der Waals surface area contributed by atoms with Crippen molar-refractivity contribution in [3.63, 3.8) is 0 Å². The van der Waals surface area contributed by atoms with Crippen molar-refractivity contribution < 1.29 is 4.79 Å². The summed E-state index contributed by atoms with van der Waals surface area (Å²) in [4.78, 5) is 30.4. The molecule has 7 heteroatoms. The highest BCUT2D eigenvalue weighted by Crippen LogP contribution is 2.19. The van der Waals surface area contributed by atoms with Crippen LogP contribution in [0.2, 0.25) is 0 Å². The smallest absolute Gasteiger partial charge is 0.261 e. The Hall–Kier alpha value is -3.84. The van der Waals surface area contributed by atoms with Crippen molar-refractivity contribution >= 4 is 39.8 Å². The zero-order valence-corrected chi connectivity index (χ0v) is 18.4. The highest BCUT2D eigenvalue weighted by Gasteiger charge is 2.14. The second-order valence-electron chi connectivity index (χ2n) is 7.39. The fourth-order valence-electron chi connectivity index (χ4n) is 3.38. The lowest BCUT2D eigenvalue weighted by molar-refractivity contribution is -0.119. The average molecular weight is 443 g/mol. The molecule has 160 valence electrons. The molecule has 0 unspecified atom stereocenters. The minimum absolute atomic E-state index is 0.0788. The molecule has 0 radical (unpaired) electrons. The van der Waals surface area contributed by atoms with Crippen LogP contribution in [-0.2, 0) is 11.3 Å². The third-order valence-electron chi connectivity index (χ3n) is 5.02. The Balaban J connectivity index is 1.52. The molecule has 0 aliphatic rings. The van der Waals surface area contributed by atoms with E-state index in [9.17, 15) is 9.59 Å². The molecule has 1 amide bonds. The highest BCUT2D eigenvalue weighted by molar-refractivity contribution is 7.80. The monoisotopic (exact) mass is 442 g/mol. The van der Waals surface area contributed by atoms with Gasteiger partial charge in [-0.05, 0) is 43.4 Å². The van der Waals surface area contributed by atoms with Crippen molar-refractivity contribution in [2.24, 2.45) is 0 Å². The van der Waals surface area contributed by atoms with Crippen LogP contribution in [-0.4, -0.2) is 20.6 Å². The lowest BCUT2D eigenvalue weighted by atomic mass is 10.1. The number of thiocarbonyl (C=S) groups is 1. The Morgan fingerprint density at radius 2 is 1.66 bits per heavy atom. The number of carbonyl (C=O) groups excluding carboxylic acids is 1. The number of aryl methyl sites for hydroxylation is 1. The topological polar surface area (TPSA) is 76.0 Å². The summed E-state index contributed by atoms with van der Waals surface area (Å²) >= 11 is 5.24. The molecule has 0 aliphatic heterocycles. The van der Waals surface area contributed by atoms with Crippen molar-refractivity contribution in [3.8, 4) is 11.4 Å². The molecule has 2 N–H and O–H groups in total. The Kier molecular flexibility index (Phi) is 6.37. The van der Waals surface area contributed by atoms with E-state index >= 15 is 0 Å². The van der Waals surface area contributed by atoms with E-state index in [-0.39, 0.29) is 29.5 Å². The lowest BCUT2D eigenvalue weighted by Crippen LogP contribution is -2.35. The van der Waals surface area contributed by atoms with Gasteiger partial charge in [0.25, 0.3) is 5.56 Å². The molecule has 1 aromatic heterocycles. The van der Waals surface area contributed by atoms with Crippen molar-refractivity contribution in [2.75, 3.05) is 5.32 Å². The lowest BCUT2D eigenvalue weighted by Gasteiger charge is -2.14. The number of aromatic nitrogens is 2. The van der Waals surface area contributed by atoms with Crippen LogP contribution in [0.1, 0.15) is 12.0 Å². The number of carbonyl (C=O) groups is 1. The number of anilines is 1. The number of hydrogen-bond acceptors (Lipinski definition) is 4. The van der Waals surface area contributed by atoms with Gasteiger partial charge in [-0.15, -0.1) is 0 Å². The van der Waals surface area contributed by atoms with E-state index in [1.807, 2.05) is 73.7 Å². The summed E-state index contributed by atoms with van der Waals surface area (Å²) < 4.78 is 1.55. The van der Waals surface area contributed by atoms with Gasteiger partial charge in [0, 0.05) is 24.2 Å². The van der Waals surface area contributed by atoms with Crippen LogP contribution >= 0.6 is 12.2 Å². The molecule has 0 aliphatic carbocycles. The minimum Gasteiger partial charge on any atom is -0.332 e. The van der Waals surface area contributed by atoms with Gasteiger partial charge in [-0.1, -0.05) is 60.2 Å². The van der Waals surface area contributed by atoms with Gasteiger partial charge in [-0.3, -0.25) is 14.2 Å². The van der Waals surface area contributed by atoms with Gasteiger partial charge in [0.2, 0.25) is 5.91 Å². The van der Waals surface area contributed by atoms with Gasteiger partial charge in [0.1, 0.15) is 5.82 Å².